The molecule has 0 radical (unpaired) electrons. The predicted molar refractivity (Wildman–Crippen MR) is 91.0 cm³/mol. The lowest BCUT2D eigenvalue weighted by Crippen LogP contribution is -2.93. The number of nitrogens with two attached hydrogens (primary N) is 1. The Morgan fingerprint density at radius 2 is 1.92 bits per heavy atom. The van der Waals surface area contributed by atoms with Crippen molar-refractivity contribution in [2.45, 2.75) is 52.0 Å². The molecule has 1 amide bonds. The number of unbranched alkanes of at least 4 members (excludes halogenated alkanes) is 3. The number of carbonyl (C=O) groups is 2. The summed E-state index contributed by atoms with van der Waals surface area (Å²) in [6.45, 7) is 5.47. The van der Waals surface area contributed by atoms with Crippen LogP contribution in [0.1, 0.15) is 43.2 Å². The van der Waals surface area contributed by atoms with E-state index in [9.17, 15) is 14.7 Å². The summed E-state index contributed by atoms with van der Waals surface area (Å²) < 4.78 is 0. The van der Waals surface area contributed by atoms with E-state index >= 15 is 0 Å². The van der Waals surface area contributed by atoms with Crippen LogP contribution in [0.15, 0.2) is 18.2 Å². The standard InChI is InChI=1S/C18H29N3O3/c1-13-7-8-14(2)15(11-13)21-17(22)12-16(18(23)24)20-10-6-4-3-5-9-19/h7-8,11,16,20H,3-6,9-10,12,19H2,1-2H3,(H,21,22)(H,23,24)/p+1/t16-/m1/s1. The van der Waals surface area contributed by atoms with E-state index in [1.54, 1.807) is 5.32 Å². The Hall–Kier alpha value is -1.92. The van der Waals surface area contributed by atoms with Crippen LogP contribution >= 0.6 is 0 Å². The summed E-state index contributed by atoms with van der Waals surface area (Å²) in [7, 11) is 0. The number of carboxylic acids is 1. The molecule has 6 heteroatoms. The average Bonchev–Trinajstić information content (AvgIpc) is 2.52. The van der Waals surface area contributed by atoms with Crippen LogP contribution in [0.25, 0.3) is 0 Å². The molecular weight excluding hydrogens is 306 g/mol. The van der Waals surface area contributed by atoms with E-state index < -0.39 is 12.0 Å². The highest BCUT2D eigenvalue weighted by molar-refractivity contribution is 5.94. The normalized spacial score (nSPS) is 12.0. The van der Waals surface area contributed by atoms with Gasteiger partial charge in [-0.25, -0.2) is 0 Å². The summed E-state index contributed by atoms with van der Waals surface area (Å²) >= 11 is 0. The van der Waals surface area contributed by atoms with Crippen LogP contribution in [0.3, 0.4) is 0 Å². The second-order valence-corrected chi connectivity index (χ2v) is 6.29. The molecule has 24 heavy (non-hydrogen) atoms. The minimum atomic E-state index is -1.19. The summed E-state index contributed by atoms with van der Waals surface area (Å²) in [6.07, 6.45) is 4.11. The van der Waals surface area contributed by atoms with Gasteiger partial charge in [-0.2, -0.15) is 0 Å². The molecule has 0 aliphatic carbocycles. The number of aliphatic carboxylic acids is 1. The van der Waals surface area contributed by atoms with Crippen molar-refractivity contribution in [1.82, 2.24) is 0 Å². The van der Waals surface area contributed by atoms with Crippen molar-refractivity contribution in [3.8, 4) is 0 Å². The molecular formula is C18H30N3O3+. The van der Waals surface area contributed by atoms with Crippen molar-refractivity contribution < 1.29 is 25.7 Å². The number of carbonyl (C=O) groups excluding carboxylic acids is 2. The summed E-state index contributed by atoms with van der Waals surface area (Å²) in [5.41, 5.74) is 6.52. The first-order valence-corrected chi connectivity index (χ1v) is 8.64. The first-order valence-electron chi connectivity index (χ1n) is 8.64. The molecule has 1 aromatic rings. The maximum absolute atomic E-state index is 12.1. The Kier molecular flexibility index (Phi) is 9.04. The average molecular weight is 336 g/mol. The lowest BCUT2D eigenvalue weighted by Gasteiger charge is -2.17. The Labute approximate surface area is 143 Å². The molecule has 6 nitrogen and oxygen atoms in total. The van der Waals surface area contributed by atoms with Crippen LogP contribution in [0.4, 0.5) is 5.69 Å². The first-order chi connectivity index (χ1) is 11.4. The number of benzene rings is 1. The number of carboxylic acid groups (broad SMARTS) is 1. The number of hydrogen-bond acceptors (Lipinski definition) is 3. The van der Waals surface area contributed by atoms with Gasteiger partial charge in [0.2, 0.25) is 5.91 Å². The number of nitrogens with one attached hydrogen (secondary N) is 1. The molecule has 0 aliphatic rings. The monoisotopic (exact) mass is 336 g/mol. The zero-order valence-corrected chi connectivity index (χ0v) is 14.8. The predicted octanol–water partition coefficient (Wildman–Crippen LogP) is -0.884. The molecule has 0 fully saturated rings. The van der Waals surface area contributed by atoms with E-state index in [0.29, 0.717) is 6.54 Å². The molecule has 1 aromatic carbocycles. The fourth-order valence-electron chi connectivity index (χ4n) is 2.53. The molecule has 0 spiro atoms. The van der Waals surface area contributed by atoms with Crippen LogP contribution in [0.5, 0.6) is 0 Å². The molecule has 0 bridgehead atoms. The van der Waals surface area contributed by atoms with Gasteiger partial charge in [0.25, 0.3) is 0 Å². The highest BCUT2D eigenvalue weighted by Gasteiger charge is 2.18. The van der Waals surface area contributed by atoms with Gasteiger partial charge in [0.05, 0.1) is 25.5 Å². The van der Waals surface area contributed by atoms with Gasteiger partial charge >= 0.3 is 0 Å². The van der Waals surface area contributed by atoms with Crippen molar-refractivity contribution in [3.05, 3.63) is 29.3 Å². The van der Waals surface area contributed by atoms with Crippen molar-refractivity contribution >= 4 is 17.6 Å². The maximum Gasteiger partial charge on any atom is 0.230 e. The van der Waals surface area contributed by atoms with Crippen molar-refractivity contribution in [2.75, 3.05) is 18.4 Å². The van der Waals surface area contributed by atoms with Crippen LogP contribution in [-0.2, 0) is 9.59 Å². The van der Waals surface area contributed by atoms with E-state index in [1.165, 1.54) is 0 Å². The topological polar surface area (TPSA) is 113 Å². The third-order valence-electron chi connectivity index (χ3n) is 4.03. The van der Waals surface area contributed by atoms with Crippen molar-refractivity contribution in [1.29, 1.82) is 0 Å². The Bertz CT molecular complexity index is 546. The molecule has 1 atom stereocenters. The Morgan fingerprint density at radius 1 is 1.21 bits per heavy atom. The van der Waals surface area contributed by atoms with Gasteiger partial charge in [0, 0.05) is 5.69 Å². The van der Waals surface area contributed by atoms with Crippen molar-refractivity contribution in [3.63, 3.8) is 0 Å². The summed E-state index contributed by atoms with van der Waals surface area (Å²) in [6, 6.07) is 4.94. The Balaban J connectivity index is 2.45. The molecule has 134 valence electrons. The van der Waals surface area contributed by atoms with E-state index in [0.717, 1.165) is 49.0 Å². The summed E-state index contributed by atoms with van der Waals surface area (Å²) in [5.74, 6) is -1.49. The minimum absolute atomic E-state index is 0.0887. The van der Waals surface area contributed by atoms with Gasteiger partial charge in [0.1, 0.15) is 6.04 Å². The highest BCUT2D eigenvalue weighted by Crippen LogP contribution is 2.16. The van der Waals surface area contributed by atoms with Gasteiger partial charge in [-0.3, -0.25) is 4.79 Å². The summed E-state index contributed by atoms with van der Waals surface area (Å²) in [4.78, 5) is 23.4. The quantitative estimate of drug-likeness (QED) is 0.456. The largest absolute Gasteiger partial charge is 0.544 e. The maximum atomic E-state index is 12.1. The third-order valence-corrected chi connectivity index (χ3v) is 4.03. The van der Waals surface area contributed by atoms with E-state index in [-0.39, 0.29) is 12.3 Å². The first kappa shape index (κ1) is 20.1. The second-order valence-electron chi connectivity index (χ2n) is 6.29. The molecule has 6 N–H and O–H groups in total. The van der Waals surface area contributed by atoms with Crippen molar-refractivity contribution in [2.24, 2.45) is 0 Å². The minimum Gasteiger partial charge on any atom is -0.544 e. The lowest BCUT2D eigenvalue weighted by molar-refractivity contribution is -0.682. The molecule has 1 rings (SSSR count). The molecule has 0 unspecified atom stereocenters. The van der Waals surface area contributed by atoms with E-state index in [1.807, 2.05) is 32.0 Å². The van der Waals surface area contributed by atoms with Gasteiger partial charge < -0.3 is 26.3 Å². The number of aryl methyl sites for hydroxylation is 2. The second kappa shape index (κ2) is 10.8. The molecule has 0 aliphatic heterocycles. The number of anilines is 1. The van der Waals surface area contributed by atoms with Gasteiger partial charge in [-0.15, -0.1) is 0 Å². The number of amides is 1. The van der Waals surface area contributed by atoms with Crippen LogP contribution < -0.4 is 21.5 Å². The number of rotatable bonds is 11. The van der Waals surface area contributed by atoms with E-state index in [2.05, 4.69) is 11.1 Å². The van der Waals surface area contributed by atoms with Crippen LogP contribution in [-0.4, -0.2) is 31.0 Å². The molecule has 0 aromatic heterocycles. The molecule has 0 heterocycles. The molecule has 0 saturated heterocycles. The smallest absolute Gasteiger partial charge is 0.230 e. The molecule has 0 saturated carbocycles. The van der Waals surface area contributed by atoms with Crippen LogP contribution in [0.2, 0.25) is 0 Å². The number of quaternary nitrogens is 2. The SMILES string of the molecule is Cc1ccc(C)c(NC(=O)C[C@@H]([NH2+]CCCCCC[NH3+])C(=O)[O-])c1. The van der Waals surface area contributed by atoms with Gasteiger partial charge in [-0.1, -0.05) is 12.1 Å². The fraction of sp³-hybridized carbons (Fsp3) is 0.556. The van der Waals surface area contributed by atoms with Crippen LogP contribution in [0, 0.1) is 13.8 Å². The lowest BCUT2D eigenvalue weighted by atomic mass is 10.1. The van der Waals surface area contributed by atoms with E-state index in [4.69, 9.17) is 0 Å². The highest BCUT2D eigenvalue weighted by atomic mass is 16.4. The fourth-order valence-corrected chi connectivity index (χ4v) is 2.53. The Morgan fingerprint density at radius 3 is 2.58 bits per heavy atom. The summed E-state index contributed by atoms with van der Waals surface area (Å²) in [5, 5.41) is 15.7. The number of hydrogen-bond donors (Lipinski definition) is 3. The zero-order chi connectivity index (χ0) is 17.9. The van der Waals surface area contributed by atoms with Gasteiger partial charge in [-0.05, 0) is 56.7 Å². The van der Waals surface area contributed by atoms with Gasteiger partial charge in [0.15, 0.2) is 0 Å². The zero-order valence-electron chi connectivity index (χ0n) is 14.8. The third kappa shape index (κ3) is 7.57.